The Balaban J connectivity index is 3.13. The number of hydrogen-bond acceptors (Lipinski definition) is 2. The molecule has 0 aromatic heterocycles. The summed E-state index contributed by atoms with van der Waals surface area (Å²) < 4.78 is 4.90. The van der Waals surface area contributed by atoms with Gasteiger partial charge < -0.3 is 4.74 Å². The van der Waals surface area contributed by atoms with Gasteiger partial charge in [-0.25, -0.2) is 0 Å². The van der Waals surface area contributed by atoms with Crippen LogP contribution in [0.5, 0.6) is 0 Å². The summed E-state index contributed by atoms with van der Waals surface area (Å²) in [6.07, 6.45) is 22.1. The summed E-state index contributed by atoms with van der Waals surface area (Å²) in [6.45, 7) is 4.62. The molecule has 0 unspecified atom stereocenters. The third-order valence-electron chi connectivity index (χ3n) is 3.95. The lowest BCUT2D eigenvalue weighted by Crippen LogP contribution is -2.02. The monoisotopic (exact) mass is 310 g/mol. The first kappa shape index (κ1) is 21.2. The number of esters is 1. The third kappa shape index (κ3) is 17.3. The fraction of sp³-hybridized carbons (Fsp3) is 0.850. The van der Waals surface area contributed by atoms with E-state index in [1.165, 1.54) is 70.6 Å². The summed E-state index contributed by atoms with van der Waals surface area (Å²) in [5, 5.41) is 0. The molecule has 0 heterocycles. The quantitative estimate of drug-likeness (QED) is 0.183. The predicted molar refractivity (Wildman–Crippen MR) is 96.1 cm³/mol. The lowest BCUT2D eigenvalue weighted by Gasteiger charge is -2.01. The average Bonchev–Trinajstić information content (AvgIpc) is 2.51. The van der Waals surface area contributed by atoms with Gasteiger partial charge in [0.1, 0.15) is 0 Å². The van der Waals surface area contributed by atoms with Crippen LogP contribution in [0.25, 0.3) is 0 Å². The second-order valence-corrected chi connectivity index (χ2v) is 6.14. The minimum atomic E-state index is -0.0643. The minimum Gasteiger partial charge on any atom is -0.466 e. The van der Waals surface area contributed by atoms with Gasteiger partial charge in [-0.15, -0.1) is 0 Å². The fourth-order valence-electron chi connectivity index (χ4n) is 2.58. The van der Waals surface area contributed by atoms with E-state index in [2.05, 4.69) is 19.1 Å². The second kappa shape index (κ2) is 18.3. The maximum absolute atomic E-state index is 11.1. The van der Waals surface area contributed by atoms with E-state index in [9.17, 15) is 4.79 Å². The highest BCUT2D eigenvalue weighted by atomic mass is 16.5. The van der Waals surface area contributed by atoms with Crippen molar-refractivity contribution in [2.75, 3.05) is 6.61 Å². The summed E-state index contributed by atoms with van der Waals surface area (Å²) in [6, 6.07) is 0. The Morgan fingerprint density at radius 2 is 1.23 bits per heavy atom. The Bertz CT molecular complexity index is 258. The molecule has 0 aromatic rings. The first-order chi connectivity index (χ1) is 10.8. The highest BCUT2D eigenvalue weighted by Gasteiger charge is 1.98. The number of hydrogen-bond donors (Lipinski definition) is 0. The van der Waals surface area contributed by atoms with Crippen molar-refractivity contribution in [2.45, 2.75) is 104 Å². The van der Waals surface area contributed by atoms with E-state index in [-0.39, 0.29) is 5.97 Å². The van der Waals surface area contributed by atoms with Gasteiger partial charge >= 0.3 is 5.97 Å². The van der Waals surface area contributed by atoms with Gasteiger partial charge in [0.05, 0.1) is 6.61 Å². The van der Waals surface area contributed by atoms with Gasteiger partial charge in [-0.1, -0.05) is 76.9 Å². The molecule has 0 N–H and O–H groups in total. The maximum Gasteiger partial charge on any atom is 0.305 e. The van der Waals surface area contributed by atoms with Crippen LogP contribution in [0.15, 0.2) is 12.2 Å². The second-order valence-electron chi connectivity index (χ2n) is 6.14. The lowest BCUT2D eigenvalue weighted by atomic mass is 10.1. The standard InChI is InChI=1S/C20H38O2/c1-3-5-6-7-8-9-10-11-12-13-14-15-16-17-18-19-20(21)22-4-2/h15-16H,3-14,17-19H2,1-2H3/b16-15-. The van der Waals surface area contributed by atoms with Gasteiger partial charge in [-0.3, -0.25) is 4.79 Å². The molecule has 0 spiro atoms. The Hall–Kier alpha value is -0.790. The molecule has 0 aliphatic rings. The molecule has 0 amide bonds. The summed E-state index contributed by atoms with van der Waals surface area (Å²) in [7, 11) is 0. The average molecular weight is 311 g/mol. The van der Waals surface area contributed by atoms with Gasteiger partial charge in [-0.05, 0) is 32.6 Å². The van der Waals surface area contributed by atoms with Gasteiger partial charge in [0.25, 0.3) is 0 Å². The predicted octanol–water partition coefficient (Wildman–Crippen LogP) is 6.59. The molecule has 0 saturated heterocycles. The van der Waals surface area contributed by atoms with Crippen LogP contribution in [0.2, 0.25) is 0 Å². The van der Waals surface area contributed by atoms with Crippen molar-refractivity contribution < 1.29 is 9.53 Å². The van der Waals surface area contributed by atoms with Crippen molar-refractivity contribution in [3.63, 3.8) is 0 Å². The first-order valence-corrected chi connectivity index (χ1v) is 9.61. The highest BCUT2D eigenvalue weighted by Crippen LogP contribution is 2.11. The number of carbonyl (C=O) groups is 1. The molecule has 130 valence electrons. The van der Waals surface area contributed by atoms with Crippen molar-refractivity contribution in [1.82, 2.24) is 0 Å². The molecule has 0 rings (SSSR count). The van der Waals surface area contributed by atoms with Gasteiger partial charge in [-0.2, -0.15) is 0 Å². The van der Waals surface area contributed by atoms with E-state index in [1.807, 2.05) is 6.92 Å². The molecule has 0 aromatic carbocycles. The van der Waals surface area contributed by atoms with Crippen molar-refractivity contribution >= 4 is 5.97 Å². The molecule has 2 nitrogen and oxygen atoms in total. The molecule has 22 heavy (non-hydrogen) atoms. The van der Waals surface area contributed by atoms with E-state index < -0.39 is 0 Å². The molecule has 0 aliphatic heterocycles. The van der Waals surface area contributed by atoms with Crippen LogP contribution < -0.4 is 0 Å². The normalized spacial score (nSPS) is 11.2. The van der Waals surface area contributed by atoms with Crippen LogP contribution in [0.4, 0.5) is 0 Å². The fourth-order valence-corrected chi connectivity index (χ4v) is 2.58. The van der Waals surface area contributed by atoms with Gasteiger partial charge in [0, 0.05) is 6.42 Å². The molecular formula is C20H38O2. The van der Waals surface area contributed by atoms with Crippen molar-refractivity contribution in [3.8, 4) is 0 Å². The number of ether oxygens (including phenoxy) is 1. The van der Waals surface area contributed by atoms with Crippen LogP contribution in [0.3, 0.4) is 0 Å². The number of carbonyl (C=O) groups excluding carboxylic acids is 1. The summed E-state index contributed by atoms with van der Waals surface area (Å²) in [4.78, 5) is 11.1. The zero-order valence-corrected chi connectivity index (χ0v) is 15.1. The Morgan fingerprint density at radius 3 is 1.77 bits per heavy atom. The van der Waals surface area contributed by atoms with E-state index in [4.69, 9.17) is 4.74 Å². The Kier molecular flexibility index (Phi) is 17.6. The molecular weight excluding hydrogens is 272 g/mol. The molecule has 0 aliphatic carbocycles. The van der Waals surface area contributed by atoms with Crippen LogP contribution in [0, 0.1) is 0 Å². The number of rotatable bonds is 16. The minimum absolute atomic E-state index is 0.0643. The Labute approximate surface area is 138 Å². The van der Waals surface area contributed by atoms with Crippen LogP contribution in [0.1, 0.15) is 104 Å². The summed E-state index contributed by atoms with van der Waals surface area (Å²) in [5.41, 5.74) is 0. The maximum atomic E-state index is 11.1. The topological polar surface area (TPSA) is 26.3 Å². The third-order valence-corrected chi connectivity index (χ3v) is 3.95. The first-order valence-electron chi connectivity index (χ1n) is 9.61. The smallest absolute Gasteiger partial charge is 0.305 e. The van der Waals surface area contributed by atoms with E-state index in [1.54, 1.807) is 0 Å². The molecule has 0 radical (unpaired) electrons. The summed E-state index contributed by atoms with van der Waals surface area (Å²) in [5.74, 6) is -0.0643. The number of unbranched alkanes of at least 4 members (excludes halogenated alkanes) is 11. The highest BCUT2D eigenvalue weighted by molar-refractivity contribution is 5.69. The SMILES string of the molecule is CCCCCCCCCCCC/C=C\CCCC(=O)OCC. The molecule has 0 saturated carbocycles. The van der Waals surface area contributed by atoms with Crippen LogP contribution >= 0.6 is 0 Å². The zero-order valence-electron chi connectivity index (χ0n) is 15.1. The van der Waals surface area contributed by atoms with Crippen molar-refractivity contribution in [3.05, 3.63) is 12.2 Å². The van der Waals surface area contributed by atoms with Crippen molar-refractivity contribution in [1.29, 1.82) is 0 Å². The molecule has 2 heteroatoms. The van der Waals surface area contributed by atoms with E-state index in [0.29, 0.717) is 13.0 Å². The van der Waals surface area contributed by atoms with Gasteiger partial charge in [0.2, 0.25) is 0 Å². The van der Waals surface area contributed by atoms with E-state index >= 15 is 0 Å². The lowest BCUT2D eigenvalue weighted by molar-refractivity contribution is -0.143. The number of allylic oxidation sites excluding steroid dienone is 2. The zero-order chi connectivity index (χ0) is 16.3. The van der Waals surface area contributed by atoms with Crippen LogP contribution in [-0.2, 0) is 9.53 Å². The largest absolute Gasteiger partial charge is 0.466 e. The molecule has 0 fully saturated rings. The summed E-state index contributed by atoms with van der Waals surface area (Å²) >= 11 is 0. The Morgan fingerprint density at radius 1 is 0.727 bits per heavy atom. The van der Waals surface area contributed by atoms with E-state index in [0.717, 1.165) is 12.8 Å². The van der Waals surface area contributed by atoms with Gasteiger partial charge in [0.15, 0.2) is 0 Å². The molecule has 0 atom stereocenters. The molecule has 0 bridgehead atoms. The van der Waals surface area contributed by atoms with Crippen molar-refractivity contribution in [2.24, 2.45) is 0 Å². The van der Waals surface area contributed by atoms with Crippen LogP contribution in [-0.4, -0.2) is 12.6 Å².